The molecule has 0 bridgehead atoms. The lowest BCUT2D eigenvalue weighted by Gasteiger charge is -2.33. The molecule has 9 heteroatoms. The minimum Gasteiger partial charge on any atom is -0.443 e. The lowest BCUT2D eigenvalue weighted by Crippen LogP contribution is -2.47. The van der Waals surface area contributed by atoms with E-state index in [1.165, 1.54) is 49.8 Å². The second-order valence-electron chi connectivity index (χ2n) is 5.73. The van der Waals surface area contributed by atoms with Crippen molar-refractivity contribution in [3.8, 4) is 0 Å². The van der Waals surface area contributed by atoms with E-state index < -0.39 is 13.1 Å². The average molecular weight is 337 g/mol. The van der Waals surface area contributed by atoms with E-state index in [9.17, 15) is 26.1 Å². The summed E-state index contributed by atoms with van der Waals surface area (Å²) in [6.45, 7) is 3.75. The maximum absolute atomic E-state index is 10.5. The van der Waals surface area contributed by atoms with Crippen LogP contribution in [0.2, 0.25) is 0 Å². The van der Waals surface area contributed by atoms with Gasteiger partial charge in [0.15, 0.2) is 6.73 Å². The highest BCUT2D eigenvalue weighted by molar-refractivity contribution is 6.60. The molecule has 1 heterocycles. The van der Waals surface area contributed by atoms with Crippen LogP contribution in [0.1, 0.15) is 46.0 Å². The number of unbranched alkanes of at least 4 members (excludes halogenated alkanes) is 1. The van der Waals surface area contributed by atoms with Crippen LogP contribution in [-0.2, 0) is 4.74 Å². The zero-order valence-electron chi connectivity index (χ0n) is 13.3. The molecule has 0 spiro atoms. The van der Waals surface area contributed by atoms with Gasteiger partial charge in [-0.05, 0) is 12.8 Å². The lowest BCUT2D eigenvalue weighted by atomic mass is 9.92. The number of alkyl halides is 3. The maximum Gasteiger partial charge on any atom is 0.583 e. The van der Waals surface area contributed by atoms with Crippen LogP contribution in [0, 0.1) is 0 Å². The fourth-order valence-electron chi connectivity index (χ4n) is 2.32. The van der Waals surface area contributed by atoms with Crippen molar-refractivity contribution in [2.45, 2.75) is 52.0 Å². The first-order valence-electron chi connectivity index (χ1n) is 7.77. The Labute approximate surface area is 128 Å². The fraction of sp³-hybridized carbons (Fsp3) is 1.00. The summed E-state index contributed by atoms with van der Waals surface area (Å²) in [6, 6.07) is 0. The molecule has 2 nitrogen and oxygen atoms in total. The van der Waals surface area contributed by atoms with Gasteiger partial charge in [-0.25, -0.2) is 13.2 Å². The number of nitrogens with zero attached hydrogens (tertiary/aromatic N) is 1. The number of quaternary nitrogens is 1. The highest BCUT2D eigenvalue weighted by Gasteiger charge is 2.53. The van der Waals surface area contributed by atoms with Gasteiger partial charge in [0.25, 0.3) is 0 Å². The van der Waals surface area contributed by atoms with Crippen molar-refractivity contribution in [3.63, 3.8) is 0 Å². The van der Waals surface area contributed by atoms with Crippen LogP contribution in [0.5, 0.6) is 0 Å². The number of hydrogen-bond acceptors (Lipinski definition) is 1. The Bertz CT molecular complexity index is 277. The predicted octanol–water partition coefficient (Wildman–Crippen LogP) is 4.72. The molecular weight excluding hydrogens is 311 g/mol. The molecule has 1 fully saturated rings. The summed E-state index contributed by atoms with van der Waals surface area (Å²) >= 11 is 0. The zero-order valence-corrected chi connectivity index (χ0v) is 13.3. The summed E-state index contributed by atoms with van der Waals surface area (Å²) in [6.07, 6.45) is 0.620. The molecule has 0 aromatic carbocycles. The second-order valence-corrected chi connectivity index (χ2v) is 5.73. The molecule has 134 valence electrons. The van der Waals surface area contributed by atoms with Gasteiger partial charge >= 0.3 is 13.1 Å². The third-order valence-electron chi connectivity index (χ3n) is 3.59. The highest BCUT2D eigenvalue weighted by atomic mass is 19.4. The van der Waals surface area contributed by atoms with Gasteiger partial charge in [-0.15, -0.1) is 0 Å². The van der Waals surface area contributed by atoms with Crippen LogP contribution in [0.25, 0.3) is 0 Å². The first kappa shape index (κ1) is 21.6. The molecule has 0 amide bonds. The quantitative estimate of drug-likeness (QED) is 0.283. The van der Waals surface area contributed by atoms with Crippen molar-refractivity contribution in [1.82, 2.24) is 0 Å². The molecule has 0 saturated carbocycles. The smallest absolute Gasteiger partial charge is 0.443 e. The van der Waals surface area contributed by atoms with Crippen LogP contribution >= 0.6 is 0 Å². The number of halogens is 6. The van der Waals surface area contributed by atoms with Crippen LogP contribution < -0.4 is 0 Å². The Morgan fingerprint density at radius 2 is 1.50 bits per heavy atom. The molecule has 0 radical (unpaired) electrons. The second kappa shape index (κ2) is 9.65. The van der Waals surface area contributed by atoms with Crippen molar-refractivity contribution in [2.75, 3.05) is 33.0 Å². The van der Waals surface area contributed by atoms with E-state index >= 15 is 0 Å². The predicted molar refractivity (Wildman–Crippen MR) is 75.2 cm³/mol. The minimum atomic E-state index is -6.65. The van der Waals surface area contributed by atoms with E-state index in [2.05, 4.69) is 13.8 Å². The molecule has 0 aromatic rings. The monoisotopic (exact) mass is 337 g/mol. The first-order valence-corrected chi connectivity index (χ1v) is 7.77. The van der Waals surface area contributed by atoms with E-state index in [1.54, 1.807) is 0 Å². The fourth-order valence-corrected chi connectivity index (χ4v) is 2.32. The van der Waals surface area contributed by atoms with Gasteiger partial charge in [-0.3, -0.25) is 0 Å². The summed E-state index contributed by atoms with van der Waals surface area (Å²) in [5.41, 5.74) is 0. The van der Waals surface area contributed by atoms with E-state index in [1.807, 2.05) is 0 Å². The van der Waals surface area contributed by atoms with Crippen molar-refractivity contribution >= 4 is 6.98 Å². The van der Waals surface area contributed by atoms with Crippen molar-refractivity contribution in [3.05, 3.63) is 0 Å². The largest absolute Gasteiger partial charge is 0.583 e. The molecule has 0 aliphatic carbocycles. The summed E-state index contributed by atoms with van der Waals surface area (Å²) < 4.78 is 69.9. The Morgan fingerprint density at radius 3 is 1.86 bits per heavy atom. The number of rotatable bonds is 7. The Hall–Kier alpha value is -0.435. The molecule has 22 heavy (non-hydrogen) atoms. The van der Waals surface area contributed by atoms with Crippen molar-refractivity contribution < 1.29 is 35.3 Å². The summed E-state index contributed by atoms with van der Waals surface area (Å²) in [4.78, 5) is 0. The van der Waals surface area contributed by atoms with Gasteiger partial charge < -0.3 is 22.2 Å². The molecule has 1 aliphatic heterocycles. The standard InChI is InChI=1S/C12H26NO.CBF6/c1-3-5-8-13(9-6-7-10-13)12-14-11-4-2;3-1(4,5)2(6,7)8/h3-12H2,1-2H3;/q+1;-1. The van der Waals surface area contributed by atoms with Crippen LogP contribution in [0.15, 0.2) is 0 Å². The Morgan fingerprint density at radius 1 is 1.00 bits per heavy atom. The molecule has 0 aromatic heterocycles. The molecule has 0 atom stereocenters. The maximum atomic E-state index is 10.5. The van der Waals surface area contributed by atoms with Gasteiger partial charge in [-0.1, -0.05) is 20.3 Å². The first-order chi connectivity index (χ1) is 10.1. The van der Waals surface area contributed by atoms with E-state index in [4.69, 9.17) is 4.74 Å². The zero-order chi connectivity index (χ0) is 17.3. The summed E-state index contributed by atoms with van der Waals surface area (Å²) in [5.74, 6) is 0. The number of hydrogen-bond donors (Lipinski definition) is 0. The Balaban J connectivity index is 0.000000472. The SMILES string of the molecule is CCCC[N+]1(COCCC)CCCC1.F[B-](F)(F)C(F)(F)F. The van der Waals surface area contributed by atoms with Gasteiger partial charge in [0, 0.05) is 12.8 Å². The van der Waals surface area contributed by atoms with Crippen LogP contribution in [-0.4, -0.2) is 50.5 Å². The third kappa shape index (κ3) is 8.26. The van der Waals surface area contributed by atoms with Crippen molar-refractivity contribution in [2.24, 2.45) is 0 Å². The lowest BCUT2D eigenvalue weighted by molar-refractivity contribution is -0.935. The number of likely N-dealkylation sites (tertiary alicyclic amines) is 1. The van der Waals surface area contributed by atoms with E-state index in [0.29, 0.717) is 0 Å². The molecule has 1 saturated heterocycles. The summed E-state index contributed by atoms with van der Waals surface area (Å²) in [7, 11) is 0. The molecule has 0 unspecified atom stereocenters. The summed E-state index contributed by atoms with van der Waals surface area (Å²) in [5, 5.41) is 0. The average Bonchev–Trinajstić information content (AvgIpc) is 2.84. The van der Waals surface area contributed by atoms with E-state index in [0.717, 1.165) is 19.8 Å². The van der Waals surface area contributed by atoms with E-state index in [-0.39, 0.29) is 0 Å². The number of ether oxygens (including phenoxy) is 1. The van der Waals surface area contributed by atoms with Crippen LogP contribution in [0.3, 0.4) is 0 Å². The van der Waals surface area contributed by atoms with Gasteiger partial charge in [0.1, 0.15) is 0 Å². The normalized spacial score (nSPS) is 18.0. The van der Waals surface area contributed by atoms with Gasteiger partial charge in [0.2, 0.25) is 0 Å². The topological polar surface area (TPSA) is 9.23 Å². The highest BCUT2D eigenvalue weighted by Crippen LogP contribution is 2.31. The molecular formula is C13H26BF6NO. The van der Waals surface area contributed by atoms with Gasteiger partial charge in [-0.2, -0.15) is 0 Å². The molecule has 1 rings (SSSR count). The van der Waals surface area contributed by atoms with Gasteiger partial charge in [0.05, 0.1) is 26.2 Å². The molecule has 0 N–H and O–H groups in total. The minimum absolute atomic E-state index is 0.937. The van der Waals surface area contributed by atoms with Crippen LogP contribution in [0.4, 0.5) is 26.1 Å². The third-order valence-corrected chi connectivity index (χ3v) is 3.59. The molecule has 1 aliphatic rings. The van der Waals surface area contributed by atoms with Crippen molar-refractivity contribution in [1.29, 1.82) is 0 Å². The Kier molecular flexibility index (Phi) is 9.46.